The van der Waals surface area contributed by atoms with E-state index in [0.717, 1.165) is 5.56 Å². The highest BCUT2D eigenvalue weighted by atomic mass is 79.9. The van der Waals surface area contributed by atoms with Crippen LogP contribution in [-0.4, -0.2) is 40.6 Å². The van der Waals surface area contributed by atoms with Crippen molar-refractivity contribution in [2.24, 2.45) is 0 Å². The van der Waals surface area contributed by atoms with Crippen LogP contribution in [0, 0.1) is 0 Å². The molecule has 1 unspecified atom stereocenters. The molecule has 3 rings (SSSR count). The maximum Gasteiger partial charge on any atom is 0.338 e. The highest BCUT2D eigenvalue weighted by Gasteiger charge is 2.35. The van der Waals surface area contributed by atoms with Gasteiger partial charge in [0.15, 0.2) is 11.5 Å². The summed E-state index contributed by atoms with van der Waals surface area (Å²) in [7, 11) is 1.58. The third-order valence-electron chi connectivity index (χ3n) is 4.21. The van der Waals surface area contributed by atoms with Gasteiger partial charge < -0.3 is 19.5 Å². The summed E-state index contributed by atoms with van der Waals surface area (Å²) in [5, 5.41) is 7.44. The second kappa shape index (κ2) is 8.22. The van der Waals surface area contributed by atoms with E-state index < -0.39 is 12.0 Å². The number of benzene rings is 1. The van der Waals surface area contributed by atoms with Crippen LogP contribution in [-0.2, 0) is 9.53 Å². The second-order valence-corrected chi connectivity index (χ2v) is 7.37. The van der Waals surface area contributed by atoms with Gasteiger partial charge in [0.05, 0.1) is 29.9 Å². The molecule has 0 spiro atoms. The number of esters is 1. The fraction of sp³-hybridized carbons (Fsp3) is 0.421. The van der Waals surface area contributed by atoms with Crippen LogP contribution in [0.25, 0.3) is 0 Å². The quantitative estimate of drug-likeness (QED) is 0.671. The zero-order valence-electron chi connectivity index (χ0n) is 16.4. The van der Waals surface area contributed by atoms with Crippen LogP contribution in [0.4, 0.5) is 5.95 Å². The van der Waals surface area contributed by atoms with Gasteiger partial charge in [-0.3, -0.25) is 0 Å². The van der Waals surface area contributed by atoms with Crippen LogP contribution in [0.5, 0.6) is 11.5 Å². The minimum absolute atomic E-state index is 0.243. The summed E-state index contributed by atoms with van der Waals surface area (Å²) in [5.41, 5.74) is 1.92. The topological polar surface area (TPSA) is 87.5 Å². The molecule has 150 valence electrons. The van der Waals surface area contributed by atoms with Crippen molar-refractivity contribution in [3.8, 4) is 11.5 Å². The lowest BCUT2D eigenvalue weighted by Gasteiger charge is -2.29. The number of nitrogens with zero attached hydrogens (tertiary/aromatic N) is 3. The summed E-state index contributed by atoms with van der Waals surface area (Å²) < 4.78 is 19.1. The summed E-state index contributed by atoms with van der Waals surface area (Å²) in [6.07, 6.45) is 1.20. The average Bonchev–Trinajstić information content (AvgIpc) is 3.07. The Labute approximate surface area is 172 Å². The van der Waals surface area contributed by atoms with Gasteiger partial charge in [-0.15, -0.1) is 0 Å². The molecule has 9 heteroatoms. The van der Waals surface area contributed by atoms with Crippen LogP contribution in [0.3, 0.4) is 0 Å². The number of rotatable bonds is 6. The van der Waals surface area contributed by atoms with Crippen molar-refractivity contribution in [1.29, 1.82) is 0 Å². The molecule has 1 aromatic heterocycles. The fourth-order valence-corrected chi connectivity index (χ4v) is 3.77. The standard InChI is InChI=1S/C19H23BrN4O4/c1-6-27-14-8-12(7-13(20)17(14)26-5)16-15(18(25)28-10(2)3)11(4)23-19-21-9-22-24(16)19/h7-10,16H,6H2,1-5H3,(H,21,22,23). The van der Waals surface area contributed by atoms with E-state index in [1.165, 1.54) is 6.33 Å². The van der Waals surface area contributed by atoms with Gasteiger partial charge in [0, 0.05) is 5.70 Å². The number of ether oxygens (including phenoxy) is 3. The van der Waals surface area contributed by atoms with Crippen LogP contribution >= 0.6 is 15.9 Å². The minimum atomic E-state index is -0.522. The molecule has 1 aliphatic rings. The normalized spacial score (nSPS) is 15.9. The van der Waals surface area contributed by atoms with Crippen LogP contribution in [0.2, 0.25) is 0 Å². The van der Waals surface area contributed by atoms with E-state index in [9.17, 15) is 4.79 Å². The predicted octanol–water partition coefficient (Wildman–Crippen LogP) is 3.69. The van der Waals surface area contributed by atoms with Gasteiger partial charge in [-0.1, -0.05) is 0 Å². The van der Waals surface area contributed by atoms with Crippen LogP contribution in [0.1, 0.15) is 39.3 Å². The number of hydrogen-bond acceptors (Lipinski definition) is 7. The minimum Gasteiger partial charge on any atom is -0.492 e. The van der Waals surface area contributed by atoms with E-state index >= 15 is 0 Å². The second-order valence-electron chi connectivity index (χ2n) is 6.52. The molecule has 1 aliphatic heterocycles. The van der Waals surface area contributed by atoms with E-state index in [4.69, 9.17) is 14.2 Å². The van der Waals surface area contributed by atoms with Gasteiger partial charge in [0.2, 0.25) is 5.95 Å². The molecular formula is C19H23BrN4O4. The fourth-order valence-electron chi connectivity index (χ4n) is 3.15. The summed E-state index contributed by atoms with van der Waals surface area (Å²) >= 11 is 3.54. The molecule has 1 atom stereocenters. The molecule has 1 N–H and O–H groups in total. The molecule has 2 heterocycles. The highest BCUT2D eigenvalue weighted by molar-refractivity contribution is 9.10. The highest BCUT2D eigenvalue weighted by Crippen LogP contribution is 2.42. The van der Waals surface area contributed by atoms with Gasteiger partial charge in [-0.25, -0.2) is 9.48 Å². The first-order valence-corrected chi connectivity index (χ1v) is 9.75. The first-order valence-electron chi connectivity index (χ1n) is 8.95. The van der Waals surface area contributed by atoms with Crippen molar-refractivity contribution in [1.82, 2.24) is 14.8 Å². The lowest BCUT2D eigenvalue weighted by atomic mass is 9.95. The molecule has 0 radical (unpaired) electrons. The van der Waals surface area contributed by atoms with Crippen molar-refractivity contribution in [2.45, 2.75) is 39.8 Å². The number of hydrogen-bond donors (Lipinski definition) is 1. The Bertz CT molecular complexity index is 923. The maximum atomic E-state index is 12.9. The Balaban J connectivity index is 2.18. The molecular weight excluding hydrogens is 428 g/mol. The van der Waals surface area contributed by atoms with Crippen molar-refractivity contribution in [2.75, 3.05) is 19.0 Å². The Kier molecular flexibility index (Phi) is 5.93. The molecule has 0 bridgehead atoms. The lowest BCUT2D eigenvalue weighted by Crippen LogP contribution is -2.30. The van der Waals surface area contributed by atoms with Crippen molar-refractivity contribution in [3.63, 3.8) is 0 Å². The van der Waals surface area contributed by atoms with Crippen molar-refractivity contribution < 1.29 is 19.0 Å². The summed E-state index contributed by atoms with van der Waals surface area (Å²) in [4.78, 5) is 17.1. The van der Waals surface area contributed by atoms with Crippen molar-refractivity contribution >= 4 is 27.8 Å². The summed E-state index contributed by atoms with van der Waals surface area (Å²) in [5.74, 6) is 1.30. The molecule has 8 nitrogen and oxygen atoms in total. The third kappa shape index (κ3) is 3.71. The Morgan fingerprint density at radius 1 is 1.39 bits per heavy atom. The number of carbonyl (C=O) groups is 1. The third-order valence-corrected chi connectivity index (χ3v) is 4.80. The number of methoxy groups -OCH3 is 1. The number of allylic oxidation sites excluding steroid dienone is 1. The molecule has 0 amide bonds. The zero-order chi connectivity index (χ0) is 20.4. The van der Waals surface area contributed by atoms with Crippen LogP contribution < -0.4 is 14.8 Å². The zero-order valence-corrected chi connectivity index (χ0v) is 18.0. The average molecular weight is 451 g/mol. The molecule has 0 fully saturated rings. The number of fused-ring (bicyclic) bond motifs is 1. The van der Waals surface area contributed by atoms with E-state index in [-0.39, 0.29) is 6.10 Å². The number of anilines is 1. The number of aromatic nitrogens is 3. The van der Waals surface area contributed by atoms with Gasteiger partial charge >= 0.3 is 5.97 Å². The number of nitrogens with one attached hydrogen (secondary N) is 1. The summed E-state index contributed by atoms with van der Waals surface area (Å²) in [6, 6.07) is 3.22. The van der Waals surface area contributed by atoms with E-state index in [2.05, 4.69) is 31.3 Å². The monoisotopic (exact) mass is 450 g/mol. The first-order chi connectivity index (χ1) is 13.4. The first kappa shape index (κ1) is 20.2. The number of halogens is 1. The number of carbonyl (C=O) groups excluding carboxylic acids is 1. The van der Waals surface area contributed by atoms with Gasteiger partial charge in [0.25, 0.3) is 0 Å². The van der Waals surface area contributed by atoms with E-state index in [1.54, 1.807) is 11.8 Å². The SMILES string of the molecule is CCOc1cc(C2C(C(=O)OC(C)C)=C(C)Nc3ncnn32)cc(Br)c1OC. The van der Waals surface area contributed by atoms with Gasteiger partial charge in [-0.2, -0.15) is 10.1 Å². The lowest BCUT2D eigenvalue weighted by molar-refractivity contribution is -0.143. The van der Waals surface area contributed by atoms with Gasteiger partial charge in [-0.05, 0) is 61.3 Å². The Morgan fingerprint density at radius 2 is 2.14 bits per heavy atom. The van der Waals surface area contributed by atoms with E-state index in [0.29, 0.717) is 39.8 Å². The smallest absolute Gasteiger partial charge is 0.338 e. The van der Waals surface area contributed by atoms with Crippen LogP contribution in [0.15, 0.2) is 34.2 Å². The predicted molar refractivity (Wildman–Crippen MR) is 108 cm³/mol. The summed E-state index contributed by atoms with van der Waals surface area (Å²) in [6.45, 7) is 7.83. The Hall–Kier alpha value is -2.55. The largest absolute Gasteiger partial charge is 0.492 e. The molecule has 0 saturated heterocycles. The van der Waals surface area contributed by atoms with E-state index in [1.807, 2.05) is 39.8 Å². The van der Waals surface area contributed by atoms with Gasteiger partial charge in [0.1, 0.15) is 12.4 Å². The molecule has 2 aromatic rings. The maximum absolute atomic E-state index is 12.9. The molecule has 0 saturated carbocycles. The Morgan fingerprint density at radius 3 is 2.79 bits per heavy atom. The molecule has 0 aliphatic carbocycles. The van der Waals surface area contributed by atoms with Crippen molar-refractivity contribution in [3.05, 3.63) is 39.8 Å². The molecule has 1 aromatic carbocycles. The molecule has 28 heavy (non-hydrogen) atoms.